The molecule has 0 unspecified atom stereocenters. The van der Waals surface area contributed by atoms with E-state index >= 15 is 0 Å². The van der Waals surface area contributed by atoms with Gasteiger partial charge in [-0.2, -0.15) is 0 Å². The highest BCUT2D eigenvalue weighted by atomic mass is 15.0. The number of rotatable bonds is 5. The quantitative estimate of drug-likeness (QED) is 0.169. The summed E-state index contributed by atoms with van der Waals surface area (Å²) in [5.74, 6) is 0. The van der Waals surface area contributed by atoms with Gasteiger partial charge in [-0.15, -0.1) is 0 Å². The molecule has 0 fully saturated rings. The van der Waals surface area contributed by atoms with Crippen molar-refractivity contribution < 1.29 is 0 Å². The highest BCUT2D eigenvalue weighted by Crippen LogP contribution is 2.38. The summed E-state index contributed by atoms with van der Waals surface area (Å²) in [6.45, 7) is 0. The third kappa shape index (κ3) is 5.23. The van der Waals surface area contributed by atoms with Crippen molar-refractivity contribution in [1.82, 2.24) is 4.57 Å². The van der Waals surface area contributed by atoms with Gasteiger partial charge in [-0.3, -0.25) is 0 Å². The zero-order valence-corrected chi connectivity index (χ0v) is 30.4. The monoisotopic (exact) mass is 699 g/mol. The molecular formula is C54H37N. The minimum atomic E-state index is 1.04. The topological polar surface area (TPSA) is 4.93 Å². The van der Waals surface area contributed by atoms with E-state index in [2.05, 4.69) is 205 Å². The van der Waals surface area contributed by atoms with Crippen molar-refractivity contribution in [2.24, 2.45) is 0 Å². The van der Waals surface area contributed by atoms with Gasteiger partial charge < -0.3 is 4.57 Å². The Morgan fingerprint density at radius 3 is 1.53 bits per heavy atom. The molecule has 1 aromatic heterocycles. The van der Waals surface area contributed by atoms with Crippen LogP contribution in [0.1, 0.15) is 12.8 Å². The zero-order chi connectivity index (χ0) is 36.3. The molecule has 0 saturated heterocycles. The molecule has 11 rings (SSSR count). The minimum Gasteiger partial charge on any atom is -0.309 e. The zero-order valence-electron chi connectivity index (χ0n) is 30.4. The molecule has 1 nitrogen and oxygen atoms in total. The molecule has 55 heavy (non-hydrogen) atoms. The van der Waals surface area contributed by atoms with Gasteiger partial charge in [0.2, 0.25) is 0 Å². The molecule has 0 N–H and O–H groups in total. The molecule has 0 atom stereocenters. The van der Waals surface area contributed by atoms with Crippen molar-refractivity contribution >= 4 is 55.5 Å². The maximum absolute atomic E-state index is 2.48. The Balaban J connectivity index is 1.08. The van der Waals surface area contributed by atoms with Crippen LogP contribution in [-0.4, -0.2) is 4.57 Å². The van der Waals surface area contributed by atoms with E-state index in [9.17, 15) is 0 Å². The molecule has 9 aromatic carbocycles. The van der Waals surface area contributed by atoms with Crippen LogP contribution >= 0.6 is 0 Å². The molecule has 10 aromatic rings. The van der Waals surface area contributed by atoms with Crippen molar-refractivity contribution in [3.8, 4) is 50.2 Å². The van der Waals surface area contributed by atoms with E-state index in [1.807, 2.05) is 0 Å². The normalized spacial score (nSPS) is 12.5. The second kappa shape index (κ2) is 12.9. The Kier molecular flexibility index (Phi) is 7.38. The van der Waals surface area contributed by atoms with Crippen molar-refractivity contribution in [2.75, 3.05) is 0 Å². The van der Waals surface area contributed by atoms with Crippen LogP contribution in [-0.2, 0) is 0 Å². The fourth-order valence-electron chi connectivity index (χ4n) is 9.05. The highest BCUT2D eigenvalue weighted by molar-refractivity contribution is 6.11. The van der Waals surface area contributed by atoms with Gasteiger partial charge in [0, 0.05) is 16.5 Å². The first-order valence-corrected chi connectivity index (χ1v) is 19.3. The first-order chi connectivity index (χ1) is 27.3. The molecule has 258 valence electrons. The van der Waals surface area contributed by atoms with Gasteiger partial charge in [-0.05, 0) is 132 Å². The summed E-state index contributed by atoms with van der Waals surface area (Å²) in [5.41, 5.74) is 13.7. The smallest absolute Gasteiger partial charge is 0.0547 e. The molecule has 1 heterocycles. The van der Waals surface area contributed by atoms with Gasteiger partial charge in [0.25, 0.3) is 0 Å². The van der Waals surface area contributed by atoms with E-state index < -0.39 is 0 Å². The lowest BCUT2D eigenvalue weighted by molar-refractivity contribution is 1.12. The van der Waals surface area contributed by atoms with E-state index in [0.717, 1.165) is 12.8 Å². The predicted molar refractivity (Wildman–Crippen MR) is 235 cm³/mol. The molecule has 0 radical (unpaired) electrons. The molecule has 1 aliphatic rings. The lowest BCUT2D eigenvalue weighted by Crippen LogP contribution is -2.31. The number of aromatic nitrogens is 1. The number of hydrogen-bond donors (Lipinski definition) is 0. The first-order valence-electron chi connectivity index (χ1n) is 19.3. The lowest BCUT2D eigenvalue weighted by Gasteiger charge is -2.18. The third-order valence-corrected chi connectivity index (χ3v) is 11.6. The van der Waals surface area contributed by atoms with E-state index in [4.69, 9.17) is 0 Å². The van der Waals surface area contributed by atoms with Gasteiger partial charge in [0.15, 0.2) is 0 Å². The largest absolute Gasteiger partial charge is 0.309 e. The summed E-state index contributed by atoms with van der Waals surface area (Å²) in [7, 11) is 0. The molecule has 0 aliphatic heterocycles. The molecule has 0 bridgehead atoms. The Hall–Kier alpha value is -6.96. The van der Waals surface area contributed by atoms with Crippen molar-refractivity contribution in [1.29, 1.82) is 0 Å². The fourth-order valence-corrected chi connectivity index (χ4v) is 9.05. The van der Waals surface area contributed by atoms with E-state index in [-0.39, 0.29) is 0 Å². The summed E-state index contributed by atoms with van der Waals surface area (Å²) < 4.78 is 2.40. The highest BCUT2D eigenvalue weighted by Gasteiger charge is 2.18. The SMILES string of the molecule is C1=c2c(-c3cccc(-c4ccc5c6ccccc6n(-c6ccccc6)c5c4)c3)c3ccccc3c(-c3ccc4cc(-c5ccccc5)ccc4c3)c2=CCC1. The van der Waals surface area contributed by atoms with E-state index in [0.29, 0.717) is 0 Å². The average Bonchev–Trinajstić information content (AvgIpc) is 3.59. The Bertz CT molecular complexity index is 3240. The summed E-state index contributed by atoms with van der Waals surface area (Å²) in [4.78, 5) is 0. The van der Waals surface area contributed by atoms with Crippen molar-refractivity contribution in [2.45, 2.75) is 12.8 Å². The van der Waals surface area contributed by atoms with Crippen molar-refractivity contribution in [3.05, 3.63) is 198 Å². The predicted octanol–water partition coefficient (Wildman–Crippen LogP) is 13.1. The molecule has 0 saturated carbocycles. The van der Waals surface area contributed by atoms with Crippen LogP contribution in [0.5, 0.6) is 0 Å². The fraction of sp³-hybridized carbons (Fsp3) is 0.0370. The molecule has 0 amide bonds. The number of nitrogens with zero attached hydrogens (tertiary/aromatic N) is 1. The lowest BCUT2D eigenvalue weighted by atomic mass is 9.85. The van der Waals surface area contributed by atoms with Gasteiger partial charge in [-0.25, -0.2) is 0 Å². The van der Waals surface area contributed by atoms with Crippen LogP contribution in [0, 0.1) is 0 Å². The Morgan fingerprint density at radius 2 is 0.800 bits per heavy atom. The van der Waals surface area contributed by atoms with Crippen LogP contribution < -0.4 is 10.4 Å². The van der Waals surface area contributed by atoms with Crippen LogP contribution in [0.15, 0.2) is 188 Å². The number of para-hydroxylation sites is 2. The maximum Gasteiger partial charge on any atom is 0.0547 e. The Morgan fingerprint density at radius 1 is 0.309 bits per heavy atom. The summed E-state index contributed by atoms with van der Waals surface area (Å²) in [6, 6.07) is 69.2. The molecule has 1 heteroatoms. The van der Waals surface area contributed by atoms with Crippen molar-refractivity contribution in [3.63, 3.8) is 0 Å². The standard InChI is InChI=1S/C54H37N/c1-3-14-36(15-4-1)38-26-27-40-34-43(29-28-39(40)32-38)54-49-23-9-7-21-47(49)53(48-22-8-10-24-50(48)54)42-17-13-16-37(33-42)41-30-31-46-45-20-11-12-25-51(45)55(52(46)35-41)44-18-5-2-6-19-44/h1-7,9,11-35H,8,10H2. The van der Waals surface area contributed by atoms with Gasteiger partial charge in [0.05, 0.1) is 11.0 Å². The van der Waals surface area contributed by atoms with Crippen LogP contribution in [0.4, 0.5) is 0 Å². The van der Waals surface area contributed by atoms with Gasteiger partial charge >= 0.3 is 0 Å². The molecule has 0 spiro atoms. The molecular weight excluding hydrogens is 663 g/mol. The maximum atomic E-state index is 2.48. The second-order valence-electron chi connectivity index (χ2n) is 14.8. The summed E-state index contributed by atoms with van der Waals surface area (Å²) in [5, 5.41) is 10.3. The van der Waals surface area contributed by atoms with Gasteiger partial charge in [-0.1, -0.05) is 158 Å². The second-order valence-corrected chi connectivity index (χ2v) is 14.8. The molecule has 1 aliphatic carbocycles. The van der Waals surface area contributed by atoms with Gasteiger partial charge in [0.1, 0.15) is 0 Å². The van der Waals surface area contributed by atoms with E-state index in [1.165, 1.54) is 104 Å². The number of fused-ring (bicyclic) bond motifs is 6. The average molecular weight is 700 g/mol. The van der Waals surface area contributed by atoms with E-state index in [1.54, 1.807) is 0 Å². The number of hydrogen-bond acceptors (Lipinski definition) is 0. The Labute approximate surface area is 320 Å². The van der Waals surface area contributed by atoms with Crippen LogP contribution in [0.2, 0.25) is 0 Å². The first kappa shape index (κ1) is 31.6. The third-order valence-electron chi connectivity index (χ3n) is 11.6. The van der Waals surface area contributed by atoms with Crippen LogP contribution in [0.3, 0.4) is 0 Å². The van der Waals surface area contributed by atoms with Crippen LogP contribution in [0.25, 0.3) is 106 Å². The number of benzene rings is 9. The summed E-state index contributed by atoms with van der Waals surface area (Å²) >= 11 is 0. The minimum absolute atomic E-state index is 1.04. The summed E-state index contributed by atoms with van der Waals surface area (Å²) in [6.07, 6.45) is 7.04.